The fourth-order valence-corrected chi connectivity index (χ4v) is 3.34. The van der Waals surface area contributed by atoms with E-state index in [2.05, 4.69) is 0 Å². The van der Waals surface area contributed by atoms with Crippen molar-refractivity contribution in [1.29, 1.82) is 0 Å². The van der Waals surface area contributed by atoms with Gasteiger partial charge in [0.2, 0.25) is 0 Å². The van der Waals surface area contributed by atoms with Gasteiger partial charge in [-0.1, -0.05) is 48.5 Å². The Bertz CT molecular complexity index is 964. The minimum absolute atomic E-state index is 0.0120. The van der Waals surface area contributed by atoms with Crippen LogP contribution in [0.4, 0.5) is 0 Å². The predicted octanol–water partition coefficient (Wildman–Crippen LogP) is 3.29. The number of carbonyl (C=O) groups is 2. The maximum Gasteiger partial charge on any atom is 0.310 e. The number of amides is 1. The fourth-order valence-electron chi connectivity index (χ4n) is 3.34. The van der Waals surface area contributed by atoms with Gasteiger partial charge in [-0.3, -0.25) is 14.4 Å². The molecule has 1 atom stereocenters. The van der Waals surface area contributed by atoms with Crippen molar-refractivity contribution in [1.82, 2.24) is 9.63 Å². The molecule has 0 radical (unpaired) electrons. The molecule has 0 saturated heterocycles. The molecule has 2 heterocycles. The Balaban J connectivity index is 1.57. The number of benzene rings is 2. The first kappa shape index (κ1) is 16.4. The molecule has 0 bridgehead atoms. The summed E-state index contributed by atoms with van der Waals surface area (Å²) in [7, 11) is 1.43. The van der Waals surface area contributed by atoms with Gasteiger partial charge in [-0.25, -0.2) is 0 Å². The number of aromatic nitrogens is 1. The lowest BCUT2D eigenvalue weighted by Crippen LogP contribution is -2.30. The molecule has 3 aromatic rings. The van der Waals surface area contributed by atoms with Crippen molar-refractivity contribution in [2.45, 2.75) is 19.2 Å². The van der Waals surface area contributed by atoms with Crippen LogP contribution in [0, 0.1) is 0 Å². The monoisotopic (exact) mass is 350 g/mol. The SMILES string of the molecule is CON1C(=O)c2cc3ccccc3n2C1CC(=O)OCc1ccccc1. The molecule has 2 aromatic carbocycles. The van der Waals surface area contributed by atoms with E-state index in [-0.39, 0.29) is 24.9 Å². The number of hydroxylamine groups is 2. The molecule has 6 nitrogen and oxygen atoms in total. The van der Waals surface area contributed by atoms with Crippen LogP contribution in [-0.2, 0) is 21.0 Å². The van der Waals surface area contributed by atoms with Crippen LogP contribution in [-0.4, -0.2) is 28.6 Å². The Kier molecular flexibility index (Phi) is 4.18. The van der Waals surface area contributed by atoms with E-state index in [0.29, 0.717) is 5.69 Å². The van der Waals surface area contributed by atoms with E-state index in [1.807, 2.05) is 65.2 Å². The number of carbonyl (C=O) groups excluding carboxylic acids is 2. The molecule has 6 heteroatoms. The third-order valence-corrected chi connectivity index (χ3v) is 4.52. The van der Waals surface area contributed by atoms with E-state index in [0.717, 1.165) is 16.5 Å². The van der Waals surface area contributed by atoms with Crippen molar-refractivity contribution in [2.75, 3.05) is 7.11 Å². The van der Waals surface area contributed by atoms with Crippen LogP contribution >= 0.6 is 0 Å². The van der Waals surface area contributed by atoms with Gasteiger partial charge < -0.3 is 9.30 Å². The summed E-state index contributed by atoms with van der Waals surface area (Å²) < 4.78 is 7.21. The van der Waals surface area contributed by atoms with Gasteiger partial charge in [0, 0.05) is 5.39 Å². The molecule has 1 aromatic heterocycles. The highest BCUT2D eigenvalue weighted by Gasteiger charge is 2.40. The number of rotatable bonds is 5. The molecule has 0 spiro atoms. The predicted molar refractivity (Wildman–Crippen MR) is 95.0 cm³/mol. The highest BCUT2D eigenvalue weighted by atomic mass is 16.7. The van der Waals surface area contributed by atoms with Crippen molar-refractivity contribution in [3.8, 4) is 0 Å². The molecule has 1 aliphatic rings. The molecule has 132 valence electrons. The molecule has 1 amide bonds. The van der Waals surface area contributed by atoms with Crippen molar-refractivity contribution in [3.63, 3.8) is 0 Å². The summed E-state index contributed by atoms with van der Waals surface area (Å²) >= 11 is 0. The second kappa shape index (κ2) is 6.65. The number of esters is 1. The summed E-state index contributed by atoms with van der Waals surface area (Å²) in [5.41, 5.74) is 2.31. The Labute approximate surface area is 150 Å². The number of ether oxygens (including phenoxy) is 1. The lowest BCUT2D eigenvalue weighted by molar-refractivity contribution is -0.159. The molecule has 1 unspecified atom stereocenters. The molecule has 0 aliphatic carbocycles. The molecule has 0 fully saturated rings. The van der Waals surface area contributed by atoms with Gasteiger partial charge in [-0.15, -0.1) is 0 Å². The summed E-state index contributed by atoms with van der Waals surface area (Å²) in [6.07, 6.45) is -0.552. The summed E-state index contributed by atoms with van der Waals surface area (Å²) in [5.74, 6) is -0.649. The summed E-state index contributed by atoms with van der Waals surface area (Å²) in [6, 6.07) is 19.0. The molecular weight excluding hydrogens is 332 g/mol. The minimum Gasteiger partial charge on any atom is -0.461 e. The maximum atomic E-state index is 12.6. The lowest BCUT2D eigenvalue weighted by Gasteiger charge is -2.23. The Hall–Kier alpha value is -3.12. The van der Waals surface area contributed by atoms with Gasteiger partial charge in [0.25, 0.3) is 5.91 Å². The van der Waals surface area contributed by atoms with E-state index >= 15 is 0 Å². The van der Waals surface area contributed by atoms with Gasteiger partial charge >= 0.3 is 5.97 Å². The maximum absolute atomic E-state index is 12.6. The van der Waals surface area contributed by atoms with Crippen molar-refractivity contribution in [3.05, 3.63) is 71.9 Å². The fraction of sp³-hybridized carbons (Fsp3) is 0.200. The lowest BCUT2D eigenvalue weighted by atomic mass is 10.2. The number of hydrogen-bond donors (Lipinski definition) is 0. The van der Waals surface area contributed by atoms with Crippen LogP contribution in [0.15, 0.2) is 60.7 Å². The Morgan fingerprint density at radius 2 is 1.81 bits per heavy atom. The van der Waals surface area contributed by atoms with E-state index in [9.17, 15) is 9.59 Å². The standard InChI is InChI=1S/C20H18N2O4/c1-25-22-18(12-19(23)26-13-14-7-3-2-4-8-14)21-16-10-6-5-9-15(16)11-17(21)20(22)24/h2-11,18H,12-13H2,1H3. The van der Waals surface area contributed by atoms with Gasteiger partial charge in [-0.05, 0) is 17.7 Å². The van der Waals surface area contributed by atoms with Gasteiger partial charge in [0.15, 0.2) is 0 Å². The van der Waals surface area contributed by atoms with Crippen LogP contribution in [0.25, 0.3) is 10.9 Å². The average Bonchev–Trinajstić information content (AvgIpc) is 3.17. The zero-order valence-corrected chi connectivity index (χ0v) is 14.3. The van der Waals surface area contributed by atoms with Gasteiger partial charge in [0.1, 0.15) is 18.5 Å². The first-order valence-corrected chi connectivity index (χ1v) is 8.36. The molecule has 1 aliphatic heterocycles. The summed E-state index contributed by atoms with van der Waals surface area (Å²) in [6.45, 7) is 0.201. The van der Waals surface area contributed by atoms with Crippen LogP contribution < -0.4 is 0 Å². The van der Waals surface area contributed by atoms with E-state index in [4.69, 9.17) is 9.57 Å². The Morgan fingerprint density at radius 1 is 1.08 bits per heavy atom. The highest BCUT2D eigenvalue weighted by molar-refractivity contribution is 6.00. The van der Waals surface area contributed by atoms with Crippen LogP contribution in [0.3, 0.4) is 0 Å². The molecule has 26 heavy (non-hydrogen) atoms. The largest absolute Gasteiger partial charge is 0.461 e. The van der Waals surface area contributed by atoms with Crippen LogP contribution in [0.2, 0.25) is 0 Å². The van der Waals surface area contributed by atoms with Crippen LogP contribution in [0.1, 0.15) is 28.6 Å². The number of hydrogen-bond acceptors (Lipinski definition) is 4. The summed E-state index contributed by atoms with van der Waals surface area (Å²) in [5, 5.41) is 2.18. The highest BCUT2D eigenvalue weighted by Crippen LogP contribution is 2.35. The molecule has 4 rings (SSSR count). The minimum atomic E-state index is -0.564. The first-order valence-electron chi connectivity index (χ1n) is 8.36. The van der Waals surface area contributed by atoms with Gasteiger partial charge in [0.05, 0.1) is 19.0 Å². The zero-order valence-electron chi connectivity index (χ0n) is 14.3. The third kappa shape index (κ3) is 2.74. The molecule has 0 saturated carbocycles. The van der Waals surface area contributed by atoms with E-state index in [1.165, 1.54) is 12.2 Å². The number of para-hydroxylation sites is 1. The van der Waals surface area contributed by atoms with E-state index < -0.39 is 6.17 Å². The van der Waals surface area contributed by atoms with Crippen molar-refractivity contribution in [2.24, 2.45) is 0 Å². The first-order chi connectivity index (χ1) is 12.7. The second-order valence-electron chi connectivity index (χ2n) is 6.10. The third-order valence-electron chi connectivity index (χ3n) is 4.52. The van der Waals surface area contributed by atoms with Gasteiger partial charge in [-0.2, -0.15) is 5.06 Å². The number of nitrogens with zero attached hydrogens (tertiary/aromatic N) is 2. The summed E-state index contributed by atoms with van der Waals surface area (Å²) in [4.78, 5) is 30.2. The molecular formula is C20H18N2O4. The molecule has 0 N–H and O–H groups in total. The second-order valence-corrected chi connectivity index (χ2v) is 6.10. The Morgan fingerprint density at radius 3 is 2.58 bits per heavy atom. The number of fused-ring (bicyclic) bond motifs is 3. The topological polar surface area (TPSA) is 60.8 Å². The zero-order chi connectivity index (χ0) is 18.1. The normalized spacial score (nSPS) is 16.1. The van der Waals surface area contributed by atoms with Crippen molar-refractivity contribution < 1.29 is 19.2 Å². The van der Waals surface area contributed by atoms with E-state index in [1.54, 1.807) is 0 Å². The van der Waals surface area contributed by atoms with Crippen LogP contribution in [0.5, 0.6) is 0 Å². The quantitative estimate of drug-likeness (QED) is 0.663. The van der Waals surface area contributed by atoms with Crippen molar-refractivity contribution >= 4 is 22.8 Å². The smallest absolute Gasteiger partial charge is 0.310 e. The average molecular weight is 350 g/mol.